The summed E-state index contributed by atoms with van der Waals surface area (Å²) < 4.78 is 0. The summed E-state index contributed by atoms with van der Waals surface area (Å²) in [6.07, 6.45) is 29.9. The van der Waals surface area contributed by atoms with Crippen LogP contribution >= 0.6 is 0 Å². The van der Waals surface area contributed by atoms with Gasteiger partial charge in [-0.1, -0.05) is 82.6 Å². The average Bonchev–Trinajstić information content (AvgIpc) is 2.63. The maximum absolute atomic E-state index is 2.51. The Labute approximate surface area is 152 Å². The van der Waals surface area contributed by atoms with Gasteiger partial charge in [-0.15, -0.1) is 0 Å². The van der Waals surface area contributed by atoms with Crippen molar-refractivity contribution < 1.29 is 0 Å². The predicted molar refractivity (Wildman–Crippen MR) is 108 cm³/mol. The van der Waals surface area contributed by atoms with Crippen molar-refractivity contribution >= 4 is 0 Å². The van der Waals surface area contributed by atoms with Crippen molar-refractivity contribution in [1.29, 1.82) is 0 Å². The van der Waals surface area contributed by atoms with Crippen molar-refractivity contribution in [2.45, 2.75) is 104 Å². The zero-order valence-corrected chi connectivity index (χ0v) is 16.5. The lowest BCUT2D eigenvalue weighted by Gasteiger charge is -2.29. The Bertz CT molecular complexity index is 356. The lowest BCUT2D eigenvalue weighted by molar-refractivity contribution is 0.250. The van der Waals surface area contributed by atoms with E-state index in [1.165, 1.54) is 89.9 Å². The fourth-order valence-corrected chi connectivity index (χ4v) is 5.05. The fourth-order valence-electron chi connectivity index (χ4n) is 5.05. The van der Waals surface area contributed by atoms with E-state index in [-0.39, 0.29) is 0 Å². The van der Waals surface area contributed by atoms with Crippen LogP contribution in [0.5, 0.6) is 0 Å². The monoisotopic (exact) mass is 330 g/mol. The molecule has 0 saturated heterocycles. The third-order valence-corrected chi connectivity index (χ3v) is 6.61. The van der Waals surface area contributed by atoms with Gasteiger partial charge >= 0.3 is 0 Å². The molecule has 0 aromatic heterocycles. The molecule has 0 spiro atoms. The Kier molecular flexibility index (Phi) is 9.85. The Morgan fingerprint density at radius 3 is 2.21 bits per heavy atom. The van der Waals surface area contributed by atoms with Gasteiger partial charge in [-0.05, 0) is 69.1 Å². The van der Waals surface area contributed by atoms with Crippen LogP contribution in [0.4, 0.5) is 0 Å². The van der Waals surface area contributed by atoms with Crippen molar-refractivity contribution in [2.75, 3.05) is 0 Å². The Hall–Kier alpha value is -0.520. The lowest BCUT2D eigenvalue weighted by Crippen LogP contribution is -2.15. The van der Waals surface area contributed by atoms with E-state index in [0.717, 1.165) is 23.7 Å². The number of hydrogen-bond donors (Lipinski definition) is 0. The molecule has 24 heavy (non-hydrogen) atoms. The van der Waals surface area contributed by atoms with Crippen molar-refractivity contribution in [3.63, 3.8) is 0 Å². The van der Waals surface area contributed by atoms with E-state index in [1.54, 1.807) is 0 Å². The summed E-state index contributed by atoms with van der Waals surface area (Å²) in [5, 5.41) is 0. The van der Waals surface area contributed by atoms with Crippen molar-refractivity contribution in [1.82, 2.24) is 0 Å². The summed E-state index contributed by atoms with van der Waals surface area (Å²) in [5.74, 6) is 3.98. The zero-order chi connectivity index (χ0) is 17.0. The molecule has 0 bridgehead atoms. The average molecular weight is 331 g/mol. The molecule has 2 rings (SSSR count). The second-order valence-electron chi connectivity index (χ2n) is 8.61. The topological polar surface area (TPSA) is 0 Å². The second-order valence-corrected chi connectivity index (χ2v) is 8.61. The minimum atomic E-state index is 0.899. The van der Waals surface area contributed by atoms with Gasteiger partial charge in [-0.25, -0.2) is 0 Å². The van der Waals surface area contributed by atoms with Crippen LogP contribution in [0.25, 0.3) is 0 Å². The summed E-state index contributed by atoms with van der Waals surface area (Å²) in [5.41, 5.74) is 0. The first kappa shape index (κ1) is 19.8. The molecule has 0 aromatic rings. The van der Waals surface area contributed by atoms with Gasteiger partial charge in [-0.3, -0.25) is 0 Å². The largest absolute Gasteiger partial charge is 0.0917 e. The van der Waals surface area contributed by atoms with Crippen LogP contribution in [-0.4, -0.2) is 0 Å². The molecule has 0 aromatic carbocycles. The minimum Gasteiger partial charge on any atom is -0.0917 e. The zero-order valence-electron chi connectivity index (χ0n) is 16.5. The molecule has 0 radical (unpaired) electrons. The standard InChI is InChI=1S/C24H42/c1-3-5-10-21-16-18-22(19-17-21)12-7-8-13-24-15-9-14-23(20-24)11-6-4-2/h3,5-6,11,21-24H,4,7-10,12-20H2,1-2H3. The third kappa shape index (κ3) is 7.58. The van der Waals surface area contributed by atoms with Gasteiger partial charge in [-0.2, -0.15) is 0 Å². The molecule has 2 aliphatic carbocycles. The van der Waals surface area contributed by atoms with Gasteiger partial charge in [0.25, 0.3) is 0 Å². The van der Waals surface area contributed by atoms with Crippen LogP contribution in [0.3, 0.4) is 0 Å². The molecule has 0 amide bonds. The van der Waals surface area contributed by atoms with Crippen molar-refractivity contribution in [3.05, 3.63) is 24.3 Å². The Morgan fingerprint density at radius 1 is 0.792 bits per heavy atom. The number of rotatable bonds is 9. The van der Waals surface area contributed by atoms with Crippen molar-refractivity contribution in [3.8, 4) is 0 Å². The molecule has 0 nitrogen and oxygen atoms in total. The van der Waals surface area contributed by atoms with Gasteiger partial charge in [0.1, 0.15) is 0 Å². The van der Waals surface area contributed by atoms with E-state index in [0.29, 0.717) is 0 Å². The van der Waals surface area contributed by atoms with Gasteiger partial charge in [0.15, 0.2) is 0 Å². The molecular formula is C24H42. The van der Waals surface area contributed by atoms with E-state index in [2.05, 4.69) is 38.2 Å². The summed E-state index contributed by atoms with van der Waals surface area (Å²) in [6, 6.07) is 0. The van der Waals surface area contributed by atoms with Crippen LogP contribution in [0, 0.1) is 23.7 Å². The summed E-state index contributed by atoms with van der Waals surface area (Å²) in [4.78, 5) is 0. The maximum atomic E-state index is 2.51. The van der Waals surface area contributed by atoms with Crippen LogP contribution in [-0.2, 0) is 0 Å². The minimum absolute atomic E-state index is 0.899. The van der Waals surface area contributed by atoms with E-state index < -0.39 is 0 Å². The normalized spacial score (nSPS) is 31.9. The predicted octanol–water partition coefficient (Wildman–Crippen LogP) is 8.09. The molecule has 2 saturated carbocycles. The maximum Gasteiger partial charge on any atom is -0.0231 e. The molecule has 0 heterocycles. The molecule has 0 N–H and O–H groups in total. The first-order valence-electron chi connectivity index (χ1n) is 11.1. The van der Waals surface area contributed by atoms with Gasteiger partial charge in [0.05, 0.1) is 0 Å². The quantitative estimate of drug-likeness (QED) is 0.296. The Morgan fingerprint density at radius 2 is 1.50 bits per heavy atom. The SMILES string of the molecule is CC=CCC1CCC(CCCCC2CCCC(C=CCC)C2)CC1. The van der Waals surface area contributed by atoms with E-state index in [9.17, 15) is 0 Å². The van der Waals surface area contributed by atoms with Gasteiger partial charge < -0.3 is 0 Å². The first-order valence-corrected chi connectivity index (χ1v) is 11.1. The molecule has 0 heteroatoms. The molecule has 138 valence electrons. The highest BCUT2D eigenvalue weighted by Crippen LogP contribution is 2.36. The summed E-state index contributed by atoms with van der Waals surface area (Å²) >= 11 is 0. The van der Waals surface area contributed by atoms with E-state index in [1.807, 2.05) is 0 Å². The Balaban J connectivity index is 1.53. The number of hydrogen-bond acceptors (Lipinski definition) is 0. The van der Waals surface area contributed by atoms with Crippen LogP contribution < -0.4 is 0 Å². The highest BCUT2D eigenvalue weighted by atomic mass is 14.3. The summed E-state index contributed by atoms with van der Waals surface area (Å²) in [6.45, 7) is 4.41. The molecule has 2 fully saturated rings. The first-order chi connectivity index (χ1) is 11.8. The van der Waals surface area contributed by atoms with Crippen molar-refractivity contribution in [2.24, 2.45) is 23.7 Å². The lowest BCUT2D eigenvalue weighted by atomic mass is 9.77. The van der Waals surface area contributed by atoms with Crippen LogP contribution in [0.1, 0.15) is 104 Å². The smallest absolute Gasteiger partial charge is 0.0231 e. The highest BCUT2D eigenvalue weighted by molar-refractivity contribution is 4.91. The van der Waals surface area contributed by atoms with Gasteiger partial charge in [0.2, 0.25) is 0 Å². The molecule has 2 atom stereocenters. The molecule has 2 unspecified atom stereocenters. The molecular weight excluding hydrogens is 288 g/mol. The van der Waals surface area contributed by atoms with E-state index in [4.69, 9.17) is 0 Å². The number of allylic oxidation sites excluding steroid dienone is 4. The van der Waals surface area contributed by atoms with Crippen LogP contribution in [0.15, 0.2) is 24.3 Å². The number of unbranched alkanes of at least 4 members (excludes halogenated alkanes) is 1. The van der Waals surface area contributed by atoms with Gasteiger partial charge in [0, 0.05) is 0 Å². The van der Waals surface area contributed by atoms with Crippen LogP contribution in [0.2, 0.25) is 0 Å². The molecule has 2 aliphatic rings. The fraction of sp³-hybridized carbons (Fsp3) is 0.833. The second kappa shape index (κ2) is 11.9. The summed E-state index contributed by atoms with van der Waals surface area (Å²) in [7, 11) is 0. The molecule has 0 aliphatic heterocycles. The van der Waals surface area contributed by atoms with E-state index >= 15 is 0 Å². The third-order valence-electron chi connectivity index (χ3n) is 6.61. The highest BCUT2D eigenvalue weighted by Gasteiger charge is 2.21.